The number of rotatable bonds is 7. The van der Waals surface area contributed by atoms with E-state index in [0.717, 1.165) is 17.5 Å². The second-order valence-electron chi connectivity index (χ2n) is 5.05. The van der Waals surface area contributed by atoms with Crippen molar-refractivity contribution in [1.29, 1.82) is 0 Å². The van der Waals surface area contributed by atoms with Crippen LogP contribution in [0, 0.1) is 0 Å². The van der Waals surface area contributed by atoms with E-state index in [1.54, 1.807) is 0 Å². The van der Waals surface area contributed by atoms with Crippen molar-refractivity contribution in [2.24, 2.45) is 0 Å². The first-order valence-corrected chi connectivity index (χ1v) is 7.93. The minimum Gasteiger partial charge on any atom is -0.477 e. The van der Waals surface area contributed by atoms with Crippen molar-refractivity contribution in [3.8, 4) is 5.88 Å². The molecule has 2 aromatic rings. The molecule has 0 fully saturated rings. The van der Waals surface area contributed by atoms with Crippen molar-refractivity contribution in [2.45, 2.75) is 33.1 Å². The van der Waals surface area contributed by atoms with E-state index in [4.69, 9.17) is 16.3 Å². The largest absolute Gasteiger partial charge is 0.477 e. The molecule has 1 aromatic carbocycles. The summed E-state index contributed by atoms with van der Waals surface area (Å²) in [7, 11) is 0. The predicted octanol–water partition coefficient (Wildman–Crippen LogP) is 3.77. The van der Waals surface area contributed by atoms with Gasteiger partial charge in [-0.3, -0.25) is 0 Å². The molecule has 1 aromatic heterocycles. The van der Waals surface area contributed by atoms with E-state index in [9.17, 15) is 9.90 Å². The number of aromatic carboxylic acids is 1. The molecule has 1 heterocycles. The number of benzene rings is 1. The first-order chi connectivity index (χ1) is 11.1. The van der Waals surface area contributed by atoms with Crippen LogP contribution in [-0.2, 0) is 12.8 Å². The Bertz CT molecular complexity index is 704. The van der Waals surface area contributed by atoms with Gasteiger partial charge < -0.3 is 9.84 Å². The van der Waals surface area contributed by atoms with Gasteiger partial charge in [0.25, 0.3) is 0 Å². The van der Waals surface area contributed by atoms with Gasteiger partial charge in [-0.1, -0.05) is 43.6 Å². The molecule has 23 heavy (non-hydrogen) atoms. The maximum atomic E-state index is 11.2. The fourth-order valence-electron chi connectivity index (χ4n) is 2.22. The summed E-state index contributed by atoms with van der Waals surface area (Å²) in [6, 6.07) is 7.52. The van der Waals surface area contributed by atoms with Crippen LogP contribution >= 0.6 is 11.6 Å². The normalized spacial score (nSPS) is 10.6. The molecule has 0 spiro atoms. The second kappa shape index (κ2) is 7.92. The Morgan fingerprint density at radius 3 is 2.61 bits per heavy atom. The third-order valence-electron chi connectivity index (χ3n) is 3.35. The third kappa shape index (κ3) is 4.20. The summed E-state index contributed by atoms with van der Waals surface area (Å²) in [6.07, 6.45) is 1.90. The molecule has 0 aliphatic heterocycles. The van der Waals surface area contributed by atoms with Crippen LogP contribution in [0.25, 0.3) is 0 Å². The second-order valence-corrected chi connectivity index (χ2v) is 5.46. The fraction of sp³-hybridized carbons (Fsp3) is 0.353. The van der Waals surface area contributed by atoms with Gasteiger partial charge in [0.15, 0.2) is 0 Å². The molecule has 0 amide bonds. The molecule has 0 saturated heterocycles. The number of nitrogens with zero attached hydrogens (tertiary/aromatic N) is 2. The average Bonchev–Trinajstić information content (AvgIpc) is 2.55. The van der Waals surface area contributed by atoms with E-state index in [1.165, 1.54) is 0 Å². The molecule has 0 atom stereocenters. The van der Waals surface area contributed by atoms with Crippen molar-refractivity contribution in [3.05, 3.63) is 51.9 Å². The number of halogens is 1. The smallest absolute Gasteiger partial charge is 0.374 e. The Balaban J connectivity index is 2.50. The molecule has 6 heteroatoms. The van der Waals surface area contributed by atoms with Crippen LogP contribution in [-0.4, -0.2) is 27.7 Å². The maximum absolute atomic E-state index is 11.2. The van der Waals surface area contributed by atoms with Gasteiger partial charge in [-0.25, -0.2) is 9.78 Å². The molecule has 5 nitrogen and oxygen atoms in total. The minimum atomic E-state index is -1.16. The summed E-state index contributed by atoms with van der Waals surface area (Å²) < 4.78 is 5.67. The van der Waals surface area contributed by atoms with Crippen LogP contribution in [0.3, 0.4) is 0 Å². The van der Waals surface area contributed by atoms with Gasteiger partial charge in [-0.05, 0) is 24.5 Å². The van der Waals surface area contributed by atoms with Gasteiger partial charge in [0.2, 0.25) is 11.7 Å². The number of aromatic nitrogens is 2. The molecule has 0 bridgehead atoms. The lowest BCUT2D eigenvalue weighted by Crippen LogP contribution is -2.13. The highest BCUT2D eigenvalue weighted by Crippen LogP contribution is 2.26. The van der Waals surface area contributed by atoms with E-state index in [1.807, 2.05) is 38.1 Å². The highest BCUT2D eigenvalue weighted by Gasteiger charge is 2.19. The Kier molecular flexibility index (Phi) is 5.93. The van der Waals surface area contributed by atoms with Crippen molar-refractivity contribution in [1.82, 2.24) is 9.97 Å². The van der Waals surface area contributed by atoms with E-state index in [2.05, 4.69) is 9.97 Å². The monoisotopic (exact) mass is 334 g/mol. The summed E-state index contributed by atoms with van der Waals surface area (Å²) in [6.45, 7) is 4.37. The highest BCUT2D eigenvalue weighted by molar-refractivity contribution is 6.31. The van der Waals surface area contributed by atoms with Gasteiger partial charge in [-0.15, -0.1) is 0 Å². The molecule has 2 rings (SSSR count). The Morgan fingerprint density at radius 1 is 1.26 bits per heavy atom. The average molecular weight is 335 g/mol. The molecule has 0 unspecified atom stereocenters. The number of ether oxygens (including phenoxy) is 1. The number of hydrogen-bond acceptors (Lipinski definition) is 4. The molecule has 0 aliphatic carbocycles. The summed E-state index contributed by atoms with van der Waals surface area (Å²) in [5.74, 6) is -1.07. The standard InChI is InChI=1S/C17H19ClN2O3/c1-3-9-23-16-12(10-11-7-5-6-8-13(11)18)14(4-2)19-15(20-16)17(21)22/h5-8H,3-4,9-10H2,1-2H3,(H,21,22). The fourth-order valence-corrected chi connectivity index (χ4v) is 2.43. The number of hydrogen-bond donors (Lipinski definition) is 1. The third-order valence-corrected chi connectivity index (χ3v) is 3.72. The van der Waals surface area contributed by atoms with Gasteiger partial charge >= 0.3 is 5.97 Å². The van der Waals surface area contributed by atoms with Crippen LogP contribution in [0.1, 0.15) is 47.7 Å². The molecular formula is C17H19ClN2O3. The van der Waals surface area contributed by atoms with Crippen LogP contribution in [0.4, 0.5) is 0 Å². The number of aryl methyl sites for hydroxylation is 1. The highest BCUT2D eigenvalue weighted by atomic mass is 35.5. The van der Waals surface area contributed by atoms with E-state index in [-0.39, 0.29) is 5.82 Å². The summed E-state index contributed by atoms with van der Waals surface area (Å²) in [5.41, 5.74) is 2.39. The maximum Gasteiger partial charge on any atom is 0.374 e. The molecule has 0 saturated carbocycles. The van der Waals surface area contributed by atoms with Crippen molar-refractivity contribution in [2.75, 3.05) is 6.61 Å². The van der Waals surface area contributed by atoms with Crippen LogP contribution < -0.4 is 4.74 Å². The number of carboxylic acids is 1. The molecule has 122 valence electrons. The van der Waals surface area contributed by atoms with Crippen LogP contribution in [0.15, 0.2) is 24.3 Å². The lowest BCUT2D eigenvalue weighted by atomic mass is 10.0. The van der Waals surface area contributed by atoms with Gasteiger partial charge in [0.05, 0.1) is 12.3 Å². The van der Waals surface area contributed by atoms with E-state index < -0.39 is 5.97 Å². The lowest BCUT2D eigenvalue weighted by Gasteiger charge is -2.14. The van der Waals surface area contributed by atoms with E-state index >= 15 is 0 Å². The van der Waals surface area contributed by atoms with E-state index in [0.29, 0.717) is 36.0 Å². The van der Waals surface area contributed by atoms with Gasteiger partial charge in [-0.2, -0.15) is 4.98 Å². The van der Waals surface area contributed by atoms with Gasteiger partial charge in [0.1, 0.15) is 0 Å². The molecule has 1 N–H and O–H groups in total. The molecule has 0 aliphatic rings. The quantitative estimate of drug-likeness (QED) is 0.834. The predicted molar refractivity (Wildman–Crippen MR) is 88.4 cm³/mol. The zero-order valence-corrected chi connectivity index (χ0v) is 13.9. The summed E-state index contributed by atoms with van der Waals surface area (Å²) >= 11 is 6.23. The summed E-state index contributed by atoms with van der Waals surface area (Å²) in [4.78, 5) is 19.4. The molecular weight excluding hydrogens is 316 g/mol. The van der Waals surface area contributed by atoms with Crippen LogP contribution in [0.5, 0.6) is 5.88 Å². The minimum absolute atomic E-state index is 0.240. The van der Waals surface area contributed by atoms with Crippen LogP contribution in [0.2, 0.25) is 5.02 Å². The molecule has 0 radical (unpaired) electrons. The first-order valence-electron chi connectivity index (χ1n) is 7.56. The first kappa shape index (κ1) is 17.2. The van der Waals surface area contributed by atoms with Crippen molar-refractivity contribution in [3.63, 3.8) is 0 Å². The van der Waals surface area contributed by atoms with Gasteiger partial charge in [0, 0.05) is 17.0 Å². The summed E-state index contributed by atoms with van der Waals surface area (Å²) in [5, 5.41) is 9.83. The van der Waals surface area contributed by atoms with Crippen molar-refractivity contribution >= 4 is 17.6 Å². The Labute approximate surface area is 140 Å². The number of carboxylic acid groups (broad SMARTS) is 1. The Morgan fingerprint density at radius 2 is 2.00 bits per heavy atom. The lowest BCUT2D eigenvalue weighted by molar-refractivity contribution is 0.0681. The number of carbonyl (C=O) groups is 1. The topological polar surface area (TPSA) is 72.3 Å². The zero-order chi connectivity index (χ0) is 16.8. The Hall–Kier alpha value is -2.14. The SMILES string of the molecule is CCCOc1nc(C(=O)O)nc(CC)c1Cc1ccccc1Cl. The van der Waals surface area contributed by atoms with Crippen molar-refractivity contribution < 1.29 is 14.6 Å². The zero-order valence-electron chi connectivity index (χ0n) is 13.2.